The zero-order valence-electron chi connectivity index (χ0n) is 23.0. The number of carbonyl (C=O) groups is 1. The summed E-state index contributed by atoms with van der Waals surface area (Å²) in [4.78, 5) is 13.4. The SMILES string of the molecule is CC(C)C[N@+]1(CC2CC2)CC[C@]2(c3cccc(O)c3)C[C@H](NC(=O)c3ccc4ccccc4c3)CCC2C1. The molecule has 3 fully saturated rings. The van der Waals surface area contributed by atoms with Gasteiger partial charge in [0, 0.05) is 41.2 Å². The number of phenolic OH excluding ortho intramolecular Hbond substituents is 1. The maximum absolute atomic E-state index is 13.4. The zero-order valence-corrected chi connectivity index (χ0v) is 23.0. The second kappa shape index (κ2) is 10.0. The third-order valence-corrected chi connectivity index (χ3v) is 9.76. The highest BCUT2D eigenvalue weighted by atomic mass is 16.3. The van der Waals surface area contributed by atoms with Crippen molar-refractivity contribution in [1.82, 2.24) is 5.32 Å². The highest BCUT2D eigenvalue weighted by Gasteiger charge is 2.54. The van der Waals surface area contributed by atoms with Crippen molar-refractivity contribution in [3.05, 3.63) is 77.9 Å². The minimum atomic E-state index is 0.000597. The monoisotopic (exact) mass is 511 g/mol. The second-order valence-electron chi connectivity index (χ2n) is 13.1. The molecule has 4 atom stereocenters. The van der Waals surface area contributed by atoms with Gasteiger partial charge in [0.05, 0.1) is 26.2 Å². The lowest BCUT2D eigenvalue weighted by molar-refractivity contribution is -0.942. The van der Waals surface area contributed by atoms with Gasteiger partial charge in [-0.15, -0.1) is 0 Å². The van der Waals surface area contributed by atoms with Gasteiger partial charge in [-0.25, -0.2) is 0 Å². The van der Waals surface area contributed by atoms with Gasteiger partial charge in [0.15, 0.2) is 0 Å². The van der Waals surface area contributed by atoms with Gasteiger partial charge in [-0.2, -0.15) is 0 Å². The first kappa shape index (κ1) is 25.4. The highest BCUT2D eigenvalue weighted by molar-refractivity contribution is 5.98. The molecule has 1 amide bonds. The molecule has 3 aliphatic rings. The number of carbonyl (C=O) groups excluding carboxylic acids is 1. The summed E-state index contributed by atoms with van der Waals surface area (Å²) in [6.45, 7) is 9.80. The van der Waals surface area contributed by atoms with E-state index in [1.807, 2.05) is 42.5 Å². The highest BCUT2D eigenvalue weighted by Crippen LogP contribution is 2.52. The van der Waals surface area contributed by atoms with Gasteiger partial charge in [0.25, 0.3) is 5.91 Å². The van der Waals surface area contributed by atoms with E-state index in [4.69, 9.17) is 0 Å². The van der Waals surface area contributed by atoms with E-state index in [-0.39, 0.29) is 17.4 Å². The summed E-state index contributed by atoms with van der Waals surface area (Å²) >= 11 is 0. The Kier molecular flexibility index (Phi) is 6.72. The summed E-state index contributed by atoms with van der Waals surface area (Å²) in [5, 5.41) is 16.1. The third-order valence-electron chi connectivity index (χ3n) is 9.76. The van der Waals surface area contributed by atoms with Crippen LogP contribution in [-0.2, 0) is 5.41 Å². The number of benzene rings is 3. The molecule has 1 aliphatic heterocycles. The molecule has 0 spiro atoms. The van der Waals surface area contributed by atoms with E-state index < -0.39 is 0 Å². The summed E-state index contributed by atoms with van der Waals surface area (Å²) in [6.07, 6.45) is 7.04. The lowest BCUT2D eigenvalue weighted by Crippen LogP contribution is -2.64. The molecule has 0 radical (unpaired) electrons. The second-order valence-corrected chi connectivity index (χ2v) is 13.1. The Morgan fingerprint density at radius 3 is 2.58 bits per heavy atom. The molecule has 38 heavy (non-hydrogen) atoms. The molecule has 0 aromatic heterocycles. The van der Waals surface area contributed by atoms with Crippen LogP contribution in [0.1, 0.15) is 68.3 Å². The molecule has 2 saturated carbocycles. The van der Waals surface area contributed by atoms with Crippen LogP contribution in [0.2, 0.25) is 0 Å². The summed E-state index contributed by atoms with van der Waals surface area (Å²) in [6, 6.07) is 22.4. The van der Waals surface area contributed by atoms with E-state index in [1.54, 1.807) is 6.07 Å². The van der Waals surface area contributed by atoms with Crippen molar-refractivity contribution in [2.75, 3.05) is 26.2 Å². The molecule has 4 heteroatoms. The number of piperidine rings is 1. The number of phenols is 1. The molecular weight excluding hydrogens is 468 g/mol. The fourth-order valence-corrected chi connectivity index (χ4v) is 8.02. The van der Waals surface area contributed by atoms with Crippen LogP contribution in [0.3, 0.4) is 0 Å². The van der Waals surface area contributed by atoms with E-state index in [0.717, 1.165) is 47.9 Å². The molecule has 6 rings (SSSR count). The number of rotatable bonds is 7. The number of likely N-dealkylation sites (tertiary alicyclic amines) is 1. The van der Waals surface area contributed by atoms with Crippen LogP contribution in [0.5, 0.6) is 5.75 Å². The fraction of sp³-hybridized carbons (Fsp3) is 0.500. The minimum absolute atomic E-state index is 0.000597. The largest absolute Gasteiger partial charge is 0.508 e. The standard InChI is InChI=1S/C34H42N2O2/c1-24(2)21-36(22-25-10-11-25)17-16-34(29-8-5-9-32(37)19-29)20-31(15-14-30(34)23-36)35-33(38)28-13-12-26-6-3-4-7-27(26)18-28/h3-9,12-13,18-19,24-25,30-31H,10-11,14-17,20-23H2,1-2H3,(H-,35,37,38)/p+1/t30?,31-,34-,36+/m1/s1. The normalized spacial score (nSPS) is 29.2. The molecule has 3 aromatic carbocycles. The van der Waals surface area contributed by atoms with Gasteiger partial charge in [0.2, 0.25) is 0 Å². The number of fused-ring (bicyclic) bond motifs is 2. The van der Waals surface area contributed by atoms with Gasteiger partial charge in [-0.1, -0.05) is 56.3 Å². The molecule has 2 aliphatic carbocycles. The Bertz CT molecular complexity index is 1310. The zero-order chi connectivity index (χ0) is 26.3. The molecule has 4 nitrogen and oxygen atoms in total. The first-order valence-corrected chi connectivity index (χ1v) is 14.8. The summed E-state index contributed by atoms with van der Waals surface area (Å²) in [5.41, 5.74) is 2.00. The maximum atomic E-state index is 13.4. The van der Waals surface area contributed by atoms with Crippen molar-refractivity contribution in [3.8, 4) is 5.75 Å². The topological polar surface area (TPSA) is 49.3 Å². The van der Waals surface area contributed by atoms with Crippen LogP contribution in [0.15, 0.2) is 66.7 Å². The van der Waals surface area contributed by atoms with Crippen molar-refractivity contribution >= 4 is 16.7 Å². The van der Waals surface area contributed by atoms with Crippen LogP contribution in [0, 0.1) is 17.8 Å². The minimum Gasteiger partial charge on any atom is -0.508 e. The third kappa shape index (κ3) is 5.08. The van der Waals surface area contributed by atoms with Crippen LogP contribution >= 0.6 is 0 Å². The molecule has 200 valence electrons. The molecule has 1 saturated heterocycles. The maximum Gasteiger partial charge on any atom is 0.251 e. The number of hydrogen-bond donors (Lipinski definition) is 2. The predicted octanol–water partition coefficient (Wildman–Crippen LogP) is 6.67. The van der Waals surface area contributed by atoms with Crippen LogP contribution in [-0.4, -0.2) is 47.7 Å². The van der Waals surface area contributed by atoms with E-state index in [1.165, 1.54) is 49.1 Å². The molecule has 2 N–H and O–H groups in total. The Morgan fingerprint density at radius 2 is 1.82 bits per heavy atom. The van der Waals surface area contributed by atoms with Crippen molar-refractivity contribution in [1.29, 1.82) is 0 Å². The Hall–Kier alpha value is -2.85. The Morgan fingerprint density at radius 1 is 1.00 bits per heavy atom. The van der Waals surface area contributed by atoms with Gasteiger partial charge in [-0.3, -0.25) is 4.79 Å². The predicted molar refractivity (Wildman–Crippen MR) is 154 cm³/mol. The average molecular weight is 512 g/mol. The lowest BCUT2D eigenvalue weighted by atomic mass is 9.57. The molecule has 1 heterocycles. The van der Waals surface area contributed by atoms with Gasteiger partial charge in [0.1, 0.15) is 5.75 Å². The van der Waals surface area contributed by atoms with E-state index >= 15 is 0 Å². The number of nitrogens with zero attached hydrogens (tertiary/aromatic N) is 1. The number of hydrogen-bond acceptors (Lipinski definition) is 2. The number of aromatic hydroxyl groups is 1. The van der Waals surface area contributed by atoms with E-state index in [0.29, 0.717) is 17.6 Å². The summed E-state index contributed by atoms with van der Waals surface area (Å²) in [5.74, 6) is 2.56. The number of quaternary nitrogens is 1. The van der Waals surface area contributed by atoms with Gasteiger partial charge in [-0.05, 0) is 72.7 Å². The van der Waals surface area contributed by atoms with Crippen molar-refractivity contribution in [3.63, 3.8) is 0 Å². The first-order valence-electron chi connectivity index (χ1n) is 14.8. The Balaban J connectivity index is 1.26. The number of amides is 1. The molecule has 0 bridgehead atoms. The quantitative estimate of drug-likeness (QED) is 0.348. The molecule has 3 aromatic rings. The lowest BCUT2D eigenvalue weighted by Gasteiger charge is -2.57. The van der Waals surface area contributed by atoms with Crippen molar-refractivity contribution in [2.45, 2.75) is 63.8 Å². The van der Waals surface area contributed by atoms with Crippen molar-refractivity contribution in [2.24, 2.45) is 17.8 Å². The summed E-state index contributed by atoms with van der Waals surface area (Å²) in [7, 11) is 0. The molecular formula is C34H43N2O2+. The van der Waals surface area contributed by atoms with Gasteiger partial charge < -0.3 is 14.9 Å². The van der Waals surface area contributed by atoms with Gasteiger partial charge >= 0.3 is 0 Å². The van der Waals surface area contributed by atoms with E-state index in [9.17, 15) is 9.90 Å². The van der Waals surface area contributed by atoms with Crippen LogP contribution in [0.4, 0.5) is 0 Å². The molecule has 1 unspecified atom stereocenters. The average Bonchev–Trinajstić information content (AvgIpc) is 3.72. The Labute approximate surface area is 227 Å². The smallest absolute Gasteiger partial charge is 0.251 e. The first-order chi connectivity index (χ1) is 18.3. The van der Waals surface area contributed by atoms with Crippen molar-refractivity contribution < 1.29 is 14.4 Å². The van der Waals surface area contributed by atoms with Crippen LogP contribution < -0.4 is 5.32 Å². The van der Waals surface area contributed by atoms with E-state index in [2.05, 4.69) is 37.4 Å². The number of nitrogens with one attached hydrogen (secondary N) is 1. The van der Waals surface area contributed by atoms with Crippen LogP contribution in [0.25, 0.3) is 10.8 Å². The fourth-order valence-electron chi connectivity index (χ4n) is 8.02. The summed E-state index contributed by atoms with van der Waals surface area (Å²) < 4.78 is 1.27.